The zero-order valence-corrected chi connectivity index (χ0v) is 15.0. The van der Waals surface area contributed by atoms with Gasteiger partial charge in [0.25, 0.3) is 0 Å². The molecule has 4 fully saturated rings. The van der Waals surface area contributed by atoms with Crippen LogP contribution in [0.15, 0.2) is 42.5 Å². The number of ketones is 1. The Morgan fingerprint density at radius 1 is 1.31 bits per heavy atom. The largest absolute Gasteiger partial charge is 0.481 e. The van der Waals surface area contributed by atoms with E-state index >= 15 is 0 Å². The molecule has 4 bridgehead atoms. The Morgan fingerprint density at radius 2 is 2.08 bits per heavy atom. The fourth-order valence-corrected chi connectivity index (χ4v) is 6.78. The third-order valence-corrected chi connectivity index (χ3v) is 7.68. The standard InChI is InChI=1S/C22H24O4/c1-20(9-8-18(24)25)17(23)7-10-21-12-15-11-16(19(20)21)26-22(15,13-21)14-5-3-2-4-6-14/h2-7,10,15-16,19H,8-9,11-13H2,1H3,(H,24,25)/t15?,16?,19?,20-,21?,22?/m1/s1. The molecular formula is C22H24O4. The van der Waals surface area contributed by atoms with Gasteiger partial charge in [-0.1, -0.05) is 43.3 Å². The molecule has 5 aliphatic rings. The number of aliphatic carboxylic acids is 1. The number of hydrogen-bond acceptors (Lipinski definition) is 3. The molecule has 1 aromatic carbocycles. The topological polar surface area (TPSA) is 63.6 Å². The fraction of sp³-hybridized carbons (Fsp3) is 0.545. The van der Waals surface area contributed by atoms with Gasteiger partial charge in [-0.15, -0.1) is 0 Å². The van der Waals surface area contributed by atoms with Gasteiger partial charge in [-0.05, 0) is 48.7 Å². The maximum absolute atomic E-state index is 12.8. The summed E-state index contributed by atoms with van der Waals surface area (Å²) in [6.07, 6.45) is 7.26. The first-order valence-electron chi connectivity index (χ1n) is 9.58. The van der Waals surface area contributed by atoms with Gasteiger partial charge in [0, 0.05) is 17.8 Å². The van der Waals surface area contributed by atoms with E-state index in [1.807, 2.05) is 13.0 Å². The Balaban J connectivity index is 1.57. The molecule has 0 aromatic heterocycles. The van der Waals surface area contributed by atoms with Crippen molar-refractivity contribution >= 4 is 11.8 Å². The second-order valence-corrected chi connectivity index (χ2v) is 8.94. The zero-order chi connectivity index (χ0) is 18.2. The van der Waals surface area contributed by atoms with Crippen LogP contribution in [0, 0.1) is 22.7 Å². The van der Waals surface area contributed by atoms with E-state index in [9.17, 15) is 14.7 Å². The molecule has 1 N–H and O–H groups in total. The minimum atomic E-state index is -0.837. The molecule has 1 aromatic rings. The van der Waals surface area contributed by atoms with Gasteiger partial charge in [-0.3, -0.25) is 9.59 Å². The molecule has 2 heterocycles. The second kappa shape index (κ2) is 5.07. The number of allylic oxidation sites excluding steroid dienone is 2. The third-order valence-electron chi connectivity index (χ3n) is 7.68. The summed E-state index contributed by atoms with van der Waals surface area (Å²) in [7, 11) is 0. The van der Waals surface area contributed by atoms with Crippen LogP contribution in [-0.2, 0) is 19.9 Å². The summed E-state index contributed by atoms with van der Waals surface area (Å²) in [4.78, 5) is 24.0. The molecule has 5 unspecified atom stereocenters. The van der Waals surface area contributed by atoms with E-state index in [2.05, 4.69) is 30.3 Å². The van der Waals surface area contributed by atoms with E-state index in [4.69, 9.17) is 4.74 Å². The second-order valence-electron chi connectivity index (χ2n) is 8.94. The molecule has 0 radical (unpaired) electrons. The summed E-state index contributed by atoms with van der Waals surface area (Å²) in [5.74, 6) is -0.202. The molecule has 4 nitrogen and oxygen atoms in total. The lowest BCUT2D eigenvalue weighted by molar-refractivity contribution is -0.176. The maximum Gasteiger partial charge on any atom is 0.303 e. The number of ether oxygens (including phenoxy) is 1. The first-order valence-corrected chi connectivity index (χ1v) is 9.58. The number of carbonyl (C=O) groups is 2. The maximum atomic E-state index is 12.8. The smallest absolute Gasteiger partial charge is 0.303 e. The highest BCUT2D eigenvalue weighted by molar-refractivity contribution is 5.96. The third kappa shape index (κ3) is 1.88. The summed E-state index contributed by atoms with van der Waals surface area (Å²) in [6.45, 7) is 1.97. The number of carboxylic acids is 1. The highest BCUT2D eigenvalue weighted by atomic mass is 16.5. The average Bonchev–Trinajstić information content (AvgIpc) is 3.03. The van der Waals surface area contributed by atoms with Crippen molar-refractivity contribution in [2.75, 3.05) is 0 Å². The van der Waals surface area contributed by atoms with Crippen molar-refractivity contribution in [2.45, 2.75) is 50.7 Å². The molecule has 4 heteroatoms. The van der Waals surface area contributed by atoms with Crippen molar-refractivity contribution in [3.8, 4) is 0 Å². The molecule has 26 heavy (non-hydrogen) atoms. The SMILES string of the molecule is C[C@@]1(CCC(=O)O)C(=O)C=CC23CC4CC(OC4(c4ccccc4)C2)C31. The van der Waals surface area contributed by atoms with Crippen LogP contribution in [-0.4, -0.2) is 23.0 Å². The van der Waals surface area contributed by atoms with Gasteiger partial charge in [0.1, 0.15) is 0 Å². The first kappa shape index (κ1) is 16.2. The highest BCUT2D eigenvalue weighted by Crippen LogP contribution is 2.74. The minimum absolute atomic E-state index is 0.0304. The quantitative estimate of drug-likeness (QED) is 0.897. The lowest BCUT2D eigenvalue weighted by Crippen LogP contribution is -2.56. The van der Waals surface area contributed by atoms with Gasteiger partial charge in [0.2, 0.25) is 0 Å². The van der Waals surface area contributed by atoms with Gasteiger partial charge in [-0.2, -0.15) is 0 Å². The molecule has 2 saturated heterocycles. The van der Waals surface area contributed by atoms with Crippen LogP contribution >= 0.6 is 0 Å². The Labute approximate surface area is 153 Å². The Morgan fingerprint density at radius 3 is 2.81 bits per heavy atom. The van der Waals surface area contributed by atoms with E-state index in [0.717, 1.165) is 19.3 Å². The van der Waals surface area contributed by atoms with Gasteiger partial charge in [-0.25, -0.2) is 0 Å². The number of carboxylic acid groups (broad SMARTS) is 1. The van der Waals surface area contributed by atoms with E-state index < -0.39 is 11.4 Å². The lowest BCUT2D eigenvalue weighted by Gasteiger charge is -2.55. The molecule has 6 atom stereocenters. The predicted molar refractivity (Wildman–Crippen MR) is 95.4 cm³/mol. The highest BCUT2D eigenvalue weighted by Gasteiger charge is 2.73. The molecular weight excluding hydrogens is 328 g/mol. The Kier molecular flexibility index (Phi) is 3.17. The lowest BCUT2D eigenvalue weighted by atomic mass is 9.51. The number of carbonyl (C=O) groups excluding carboxylic acids is 1. The van der Waals surface area contributed by atoms with Crippen molar-refractivity contribution in [1.82, 2.24) is 0 Å². The van der Waals surface area contributed by atoms with Crippen LogP contribution in [0.3, 0.4) is 0 Å². The summed E-state index contributed by atoms with van der Waals surface area (Å²) in [6, 6.07) is 10.5. The van der Waals surface area contributed by atoms with E-state index in [0.29, 0.717) is 12.3 Å². The van der Waals surface area contributed by atoms with Gasteiger partial charge >= 0.3 is 5.97 Å². The molecule has 1 spiro atoms. The number of benzene rings is 1. The summed E-state index contributed by atoms with van der Waals surface area (Å²) in [5.41, 5.74) is 0.333. The fourth-order valence-electron chi connectivity index (χ4n) is 6.78. The van der Waals surface area contributed by atoms with Crippen molar-refractivity contribution in [1.29, 1.82) is 0 Å². The van der Waals surface area contributed by atoms with Crippen LogP contribution in [0.5, 0.6) is 0 Å². The zero-order valence-electron chi connectivity index (χ0n) is 15.0. The van der Waals surface area contributed by atoms with Gasteiger partial charge in [0.05, 0.1) is 11.7 Å². The van der Waals surface area contributed by atoms with Crippen molar-refractivity contribution in [2.24, 2.45) is 22.7 Å². The van der Waals surface area contributed by atoms with E-state index in [1.54, 1.807) is 6.08 Å². The Hall–Kier alpha value is -1.94. The summed E-state index contributed by atoms with van der Waals surface area (Å²) >= 11 is 0. The summed E-state index contributed by atoms with van der Waals surface area (Å²) in [5, 5.41) is 9.18. The van der Waals surface area contributed by atoms with Crippen LogP contribution in [0.1, 0.15) is 44.6 Å². The molecule has 2 saturated carbocycles. The van der Waals surface area contributed by atoms with Crippen LogP contribution in [0.4, 0.5) is 0 Å². The van der Waals surface area contributed by atoms with Crippen LogP contribution in [0.25, 0.3) is 0 Å². The number of rotatable bonds is 4. The molecule has 2 aliphatic heterocycles. The number of hydrogen-bond donors (Lipinski definition) is 1. The van der Waals surface area contributed by atoms with Gasteiger partial charge < -0.3 is 9.84 Å². The molecule has 136 valence electrons. The first-order chi connectivity index (χ1) is 12.4. The predicted octanol–water partition coefficient (Wildman–Crippen LogP) is 3.71. The van der Waals surface area contributed by atoms with Crippen LogP contribution < -0.4 is 0 Å². The normalized spacial score (nSPS) is 45.1. The van der Waals surface area contributed by atoms with Crippen molar-refractivity contribution < 1.29 is 19.4 Å². The monoisotopic (exact) mass is 352 g/mol. The molecule has 0 amide bonds. The van der Waals surface area contributed by atoms with Crippen LogP contribution in [0.2, 0.25) is 0 Å². The molecule has 3 aliphatic carbocycles. The van der Waals surface area contributed by atoms with Crippen molar-refractivity contribution in [3.63, 3.8) is 0 Å². The van der Waals surface area contributed by atoms with E-state index in [-0.39, 0.29) is 35.2 Å². The minimum Gasteiger partial charge on any atom is -0.481 e. The van der Waals surface area contributed by atoms with E-state index in [1.165, 1.54) is 5.56 Å². The average molecular weight is 352 g/mol. The van der Waals surface area contributed by atoms with Crippen molar-refractivity contribution in [3.05, 3.63) is 48.0 Å². The molecule has 6 rings (SSSR count). The Bertz CT molecular complexity index is 815. The summed E-state index contributed by atoms with van der Waals surface area (Å²) < 4.78 is 6.71. The van der Waals surface area contributed by atoms with Gasteiger partial charge in [0.15, 0.2) is 5.78 Å².